The average molecular weight is 466 g/mol. The lowest BCUT2D eigenvalue weighted by Gasteiger charge is -2.18. The van der Waals surface area contributed by atoms with E-state index in [2.05, 4.69) is 25.4 Å². The Morgan fingerprint density at radius 2 is 1.66 bits per heavy atom. The molecule has 3 heterocycles. The van der Waals surface area contributed by atoms with Crippen LogP contribution < -0.4 is 0 Å². The minimum Gasteiger partial charge on any atom is -0.446 e. The second kappa shape index (κ2) is 9.30. The molecule has 0 saturated heterocycles. The van der Waals surface area contributed by atoms with E-state index in [1.165, 1.54) is 11.9 Å². The zero-order valence-electron chi connectivity index (χ0n) is 19.5. The normalized spacial score (nSPS) is 15.3. The summed E-state index contributed by atoms with van der Waals surface area (Å²) in [5.74, 6) is 0.148. The molecule has 0 N–H and O–H groups in total. The molecule has 5 rings (SSSR count). The van der Waals surface area contributed by atoms with Crippen LogP contribution in [-0.4, -0.2) is 31.6 Å². The van der Waals surface area contributed by atoms with Gasteiger partial charge in [-0.25, -0.2) is 4.68 Å². The number of carbonyl (C=O) groups excluding carboxylic acids is 1. The molecule has 9 heteroatoms. The third kappa shape index (κ3) is 4.43. The second-order valence-corrected chi connectivity index (χ2v) is 8.03. The molecule has 9 nitrogen and oxygen atoms in total. The molecule has 4 aromatic rings. The second-order valence-electron chi connectivity index (χ2n) is 8.03. The Bertz CT molecular complexity index is 1410. The van der Waals surface area contributed by atoms with E-state index in [4.69, 9.17) is 4.74 Å². The van der Waals surface area contributed by atoms with E-state index in [0.717, 1.165) is 33.9 Å². The molecule has 174 valence electrons. The Balaban J connectivity index is 1.35. The van der Waals surface area contributed by atoms with E-state index in [9.17, 15) is 4.79 Å². The van der Waals surface area contributed by atoms with Gasteiger partial charge in [-0.2, -0.15) is 15.2 Å². The Hall–Kier alpha value is -4.66. The van der Waals surface area contributed by atoms with Crippen molar-refractivity contribution in [3.05, 3.63) is 102 Å². The molecule has 35 heavy (non-hydrogen) atoms. The molecule has 2 aromatic heterocycles. The fraction of sp³-hybridized carbons (Fsp3) is 0.154. The topological polar surface area (TPSA) is 97.3 Å². The van der Waals surface area contributed by atoms with Crippen LogP contribution in [0.3, 0.4) is 0 Å². The lowest BCUT2D eigenvalue weighted by atomic mass is 10.2. The van der Waals surface area contributed by atoms with E-state index in [0.29, 0.717) is 11.6 Å². The smallest absolute Gasteiger partial charge is 0.243 e. The Morgan fingerprint density at radius 3 is 2.34 bits per heavy atom. The highest BCUT2D eigenvalue weighted by atomic mass is 16.5. The molecule has 2 aromatic carbocycles. The highest BCUT2D eigenvalue weighted by Crippen LogP contribution is 2.31. The van der Waals surface area contributed by atoms with Crippen LogP contribution in [0.1, 0.15) is 35.7 Å². The number of carbonyl (C=O) groups is 1. The number of hydrogen-bond acceptors (Lipinski definition) is 7. The molecular weight excluding hydrogens is 442 g/mol. The first-order valence-electron chi connectivity index (χ1n) is 11.1. The maximum Gasteiger partial charge on any atom is 0.243 e. The SMILES string of the molecule is CC(=O)N1N=C(c2ccc(N=Nc3c(C)nn(-c4ccccc4)c3C)cc2)OC1c1ccncc1. The number of amides is 1. The standard InChI is InChI=1S/C26H23N7O2/c1-17-24(18(2)32(30-17)23-7-5-4-6-8-23)29-28-22-11-9-20(10-12-22)25-31-33(19(3)34)26(35-25)21-13-15-27-16-14-21/h4-16,26H,1-3H3. The maximum absolute atomic E-state index is 12.1. The van der Waals surface area contributed by atoms with Gasteiger partial charge in [0.15, 0.2) is 0 Å². The van der Waals surface area contributed by atoms with E-state index < -0.39 is 6.23 Å². The Kier molecular flexibility index (Phi) is 5.88. The van der Waals surface area contributed by atoms with E-state index in [1.807, 2.05) is 73.1 Å². The van der Waals surface area contributed by atoms with Crippen molar-refractivity contribution >= 4 is 23.2 Å². The number of rotatable bonds is 5. The largest absolute Gasteiger partial charge is 0.446 e. The lowest BCUT2D eigenvalue weighted by molar-refractivity contribution is -0.135. The Labute approximate surface area is 202 Å². The number of benzene rings is 2. The quantitative estimate of drug-likeness (QED) is 0.362. The molecule has 0 spiro atoms. The summed E-state index contributed by atoms with van der Waals surface area (Å²) >= 11 is 0. The van der Waals surface area contributed by atoms with Gasteiger partial charge < -0.3 is 4.74 Å². The first-order valence-corrected chi connectivity index (χ1v) is 11.1. The summed E-state index contributed by atoms with van der Waals surface area (Å²) in [5.41, 5.74) is 5.62. The number of azo groups is 1. The minimum atomic E-state index is -0.628. The molecule has 0 saturated carbocycles. The highest BCUT2D eigenvalue weighted by molar-refractivity contribution is 5.96. The van der Waals surface area contributed by atoms with E-state index in [-0.39, 0.29) is 5.91 Å². The van der Waals surface area contributed by atoms with Crippen molar-refractivity contribution in [1.82, 2.24) is 19.8 Å². The molecule has 0 radical (unpaired) electrons. The van der Waals surface area contributed by atoms with Crippen molar-refractivity contribution in [3.63, 3.8) is 0 Å². The number of hydrazone groups is 1. The van der Waals surface area contributed by atoms with Crippen LogP contribution in [0.15, 0.2) is 94.5 Å². The molecule has 1 aliphatic heterocycles. The van der Waals surface area contributed by atoms with E-state index in [1.54, 1.807) is 24.5 Å². The molecule has 1 unspecified atom stereocenters. The fourth-order valence-corrected chi connectivity index (χ4v) is 3.81. The van der Waals surface area contributed by atoms with Gasteiger partial charge in [-0.1, -0.05) is 18.2 Å². The van der Waals surface area contributed by atoms with Crippen molar-refractivity contribution in [2.75, 3.05) is 0 Å². The van der Waals surface area contributed by atoms with Crippen LogP contribution >= 0.6 is 0 Å². The van der Waals surface area contributed by atoms with Gasteiger partial charge in [-0.3, -0.25) is 9.78 Å². The van der Waals surface area contributed by atoms with Gasteiger partial charge in [-0.05, 0) is 62.4 Å². The van der Waals surface area contributed by atoms with Crippen LogP contribution in [0.5, 0.6) is 0 Å². The third-order valence-corrected chi connectivity index (χ3v) is 5.59. The summed E-state index contributed by atoms with van der Waals surface area (Å²) in [4.78, 5) is 16.1. The van der Waals surface area contributed by atoms with Crippen molar-refractivity contribution in [3.8, 4) is 5.69 Å². The van der Waals surface area contributed by atoms with Gasteiger partial charge in [-0.15, -0.1) is 10.2 Å². The van der Waals surface area contributed by atoms with Gasteiger partial charge in [0, 0.05) is 30.4 Å². The van der Waals surface area contributed by atoms with Crippen LogP contribution in [0.25, 0.3) is 5.69 Å². The van der Waals surface area contributed by atoms with Gasteiger partial charge in [0.2, 0.25) is 18.0 Å². The summed E-state index contributed by atoms with van der Waals surface area (Å²) in [7, 11) is 0. The number of hydrogen-bond donors (Lipinski definition) is 0. The first kappa shape index (κ1) is 22.1. The van der Waals surface area contributed by atoms with Gasteiger partial charge >= 0.3 is 0 Å². The summed E-state index contributed by atoms with van der Waals surface area (Å²) < 4.78 is 7.88. The predicted octanol–water partition coefficient (Wildman–Crippen LogP) is 5.54. The fourth-order valence-electron chi connectivity index (χ4n) is 3.81. The molecule has 1 atom stereocenters. The maximum atomic E-state index is 12.1. The van der Waals surface area contributed by atoms with Crippen LogP contribution in [0.2, 0.25) is 0 Å². The van der Waals surface area contributed by atoms with Gasteiger partial charge in [0.25, 0.3) is 0 Å². The predicted molar refractivity (Wildman–Crippen MR) is 131 cm³/mol. The molecule has 1 amide bonds. The molecule has 0 aliphatic carbocycles. The molecular formula is C26H23N7O2. The molecule has 1 aliphatic rings. The summed E-state index contributed by atoms with van der Waals surface area (Å²) in [5, 5.41) is 19.2. The van der Waals surface area contributed by atoms with Crippen LogP contribution in [0, 0.1) is 13.8 Å². The van der Waals surface area contributed by atoms with Crippen molar-refractivity contribution < 1.29 is 9.53 Å². The minimum absolute atomic E-state index is 0.214. The monoisotopic (exact) mass is 465 g/mol. The zero-order valence-corrected chi connectivity index (χ0v) is 19.5. The van der Waals surface area contributed by atoms with Crippen molar-refractivity contribution in [1.29, 1.82) is 0 Å². The average Bonchev–Trinajstić information content (AvgIpc) is 3.46. The third-order valence-electron chi connectivity index (χ3n) is 5.59. The number of aryl methyl sites for hydroxylation is 1. The number of para-hydroxylation sites is 1. The lowest BCUT2D eigenvalue weighted by Crippen LogP contribution is -2.25. The van der Waals surface area contributed by atoms with Crippen LogP contribution in [-0.2, 0) is 9.53 Å². The first-order chi connectivity index (χ1) is 17.0. The Morgan fingerprint density at radius 1 is 0.943 bits per heavy atom. The highest BCUT2D eigenvalue weighted by Gasteiger charge is 2.32. The summed E-state index contributed by atoms with van der Waals surface area (Å²) in [6.45, 7) is 5.34. The molecule has 0 fully saturated rings. The van der Waals surface area contributed by atoms with Crippen molar-refractivity contribution in [2.45, 2.75) is 27.0 Å². The number of aromatic nitrogens is 3. The number of nitrogens with zero attached hydrogens (tertiary/aromatic N) is 7. The van der Waals surface area contributed by atoms with Crippen molar-refractivity contribution in [2.24, 2.45) is 15.3 Å². The van der Waals surface area contributed by atoms with Gasteiger partial charge in [0.05, 0.1) is 22.8 Å². The molecule has 0 bridgehead atoms. The van der Waals surface area contributed by atoms with E-state index >= 15 is 0 Å². The van der Waals surface area contributed by atoms with Gasteiger partial charge in [0.1, 0.15) is 5.69 Å². The number of ether oxygens (including phenoxy) is 1. The summed E-state index contributed by atoms with van der Waals surface area (Å²) in [6, 6.07) is 20.9. The number of pyridine rings is 1. The zero-order chi connectivity index (χ0) is 24.4. The summed E-state index contributed by atoms with van der Waals surface area (Å²) in [6.07, 6.45) is 2.68. The van der Waals surface area contributed by atoms with Crippen LogP contribution in [0.4, 0.5) is 11.4 Å².